The summed E-state index contributed by atoms with van der Waals surface area (Å²) in [5.74, 6) is 0.706. The Bertz CT molecular complexity index is 1010. The minimum atomic E-state index is -0.0584. The maximum atomic E-state index is 13.4. The topological polar surface area (TPSA) is 51.7 Å². The van der Waals surface area contributed by atoms with Crippen molar-refractivity contribution in [3.05, 3.63) is 53.1 Å². The minimum absolute atomic E-state index is 0.0523. The van der Waals surface area contributed by atoms with E-state index in [-0.39, 0.29) is 12.0 Å². The lowest BCUT2D eigenvalue weighted by molar-refractivity contribution is 0.0917. The molecule has 1 atom stereocenters. The Kier molecular flexibility index (Phi) is 5.83. The van der Waals surface area contributed by atoms with Gasteiger partial charge in [0.25, 0.3) is 5.91 Å². The SMILES string of the molecule is CCOc1ccc(C(=O)N(CC2CCCO2)c2nc3c(C)c(C)ccc3s2)cc1. The molecule has 1 fully saturated rings. The van der Waals surface area contributed by atoms with E-state index in [1.165, 1.54) is 5.56 Å². The van der Waals surface area contributed by atoms with E-state index in [2.05, 4.69) is 26.0 Å². The second kappa shape index (κ2) is 8.51. The van der Waals surface area contributed by atoms with Crippen molar-refractivity contribution < 1.29 is 14.3 Å². The fourth-order valence-corrected chi connectivity index (χ4v) is 4.62. The van der Waals surface area contributed by atoms with E-state index in [4.69, 9.17) is 14.5 Å². The van der Waals surface area contributed by atoms with Crippen LogP contribution < -0.4 is 9.64 Å². The highest BCUT2D eigenvalue weighted by Gasteiger charge is 2.27. The summed E-state index contributed by atoms with van der Waals surface area (Å²) in [5, 5.41) is 0.725. The molecule has 1 aliphatic heterocycles. The van der Waals surface area contributed by atoms with Gasteiger partial charge in [-0.25, -0.2) is 4.98 Å². The third kappa shape index (κ3) is 4.14. The molecule has 1 aromatic heterocycles. The Morgan fingerprint density at radius 3 is 2.72 bits per heavy atom. The van der Waals surface area contributed by atoms with E-state index < -0.39 is 0 Å². The minimum Gasteiger partial charge on any atom is -0.494 e. The lowest BCUT2D eigenvalue weighted by Gasteiger charge is -2.23. The second-order valence-corrected chi connectivity index (χ2v) is 8.37. The average molecular weight is 411 g/mol. The van der Waals surface area contributed by atoms with Gasteiger partial charge in [-0.2, -0.15) is 0 Å². The number of aryl methyl sites for hydroxylation is 2. The van der Waals surface area contributed by atoms with E-state index in [1.54, 1.807) is 16.2 Å². The molecular weight excluding hydrogens is 384 g/mol. The van der Waals surface area contributed by atoms with Crippen LogP contribution in [-0.2, 0) is 4.74 Å². The van der Waals surface area contributed by atoms with Crippen LogP contribution in [-0.4, -0.2) is 36.8 Å². The highest BCUT2D eigenvalue weighted by atomic mass is 32.1. The smallest absolute Gasteiger partial charge is 0.260 e. The first-order valence-corrected chi connectivity index (χ1v) is 10.9. The number of aromatic nitrogens is 1. The number of nitrogens with zero attached hydrogens (tertiary/aromatic N) is 2. The fourth-order valence-electron chi connectivity index (χ4n) is 3.59. The Hall–Kier alpha value is -2.44. The molecule has 5 nitrogen and oxygen atoms in total. The quantitative estimate of drug-likeness (QED) is 0.565. The standard InChI is InChI=1S/C23H26N2O3S/c1-4-27-18-10-8-17(9-11-18)22(26)25(14-19-6-5-13-28-19)23-24-21-16(3)15(2)7-12-20(21)29-23/h7-12,19H,4-6,13-14H2,1-3H3. The maximum Gasteiger partial charge on any atom is 0.260 e. The fraction of sp³-hybridized carbons (Fsp3) is 0.391. The zero-order valence-electron chi connectivity index (χ0n) is 17.1. The number of fused-ring (bicyclic) bond motifs is 1. The van der Waals surface area contributed by atoms with Crippen LogP contribution in [0.3, 0.4) is 0 Å². The first-order valence-electron chi connectivity index (χ1n) is 10.1. The number of thiazole rings is 1. The van der Waals surface area contributed by atoms with Crippen LogP contribution in [0.15, 0.2) is 36.4 Å². The Balaban J connectivity index is 1.69. The van der Waals surface area contributed by atoms with Crippen molar-refractivity contribution in [2.45, 2.75) is 39.7 Å². The predicted molar refractivity (Wildman–Crippen MR) is 117 cm³/mol. The predicted octanol–water partition coefficient (Wildman–Crippen LogP) is 5.14. The monoisotopic (exact) mass is 410 g/mol. The van der Waals surface area contributed by atoms with E-state index in [0.717, 1.165) is 46.1 Å². The number of hydrogen-bond donors (Lipinski definition) is 0. The van der Waals surface area contributed by atoms with E-state index in [1.807, 2.05) is 31.2 Å². The molecule has 1 saturated heterocycles. The van der Waals surface area contributed by atoms with Crippen LogP contribution in [0, 0.1) is 13.8 Å². The van der Waals surface area contributed by atoms with E-state index >= 15 is 0 Å². The molecule has 3 aromatic rings. The van der Waals surface area contributed by atoms with Gasteiger partial charge >= 0.3 is 0 Å². The van der Waals surface area contributed by atoms with Gasteiger partial charge in [-0.15, -0.1) is 0 Å². The first kappa shape index (κ1) is 19.9. The van der Waals surface area contributed by atoms with Crippen LogP contribution in [0.2, 0.25) is 0 Å². The Morgan fingerprint density at radius 1 is 1.24 bits per heavy atom. The Labute approximate surface area is 175 Å². The van der Waals surface area contributed by atoms with Gasteiger partial charge in [0.1, 0.15) is 5.75 Å². The van der Waals surface area contributed by atoms with Crippen molar-refractivity contribution in [2.75, 3.05) is 24.7 Å². The van der Waals surface area contributed by atoms with E-state index in [0.29, 0.717) is 18.7 Å². The summed E-state index contributed by atoms with van der Waals surface area (Å²) in [7, 11) is 0. The van der Waals surface area contributed by atoms with Crippen LogP contribution in [0.4, 0.5) is 5.13 Å². The molecule has 0 aliphatic carbocycles. The number of rotatable bonds is 6. The summed E-state index contributed by atoms with van der Waals surface area (Å²) >= 11 is 1.56. The number of benzene rings is 2. The number of amides is 1. The molecular formula is C23H26N2O3S. The third-order valence-electron chi connectivity index (χ3n) is 5.37. The molecule has 0 bridgehead atoms. The van der Waals surface area contributed by atoms with Gasteiger partial charge < -0.3 is 9.47 Å². The molecule has 6 heteroatoms. The normalized spacial score (nSPS) is 16.3. The maximum absolute atomic E-state index is 13.4. The van der Waals surface area contributed by atoms with Crippen molar-refractivity contribution in [3.63, 3.8) is 0 Å². The van der Waals surface area contributed by atoms with Crippen LogP contribution >= 0.6 is 11.3 Å². The molecule has 0 saturated carbocycles. The number of ether oxygens (including phenoxy) is 2. The van der Waals surface area contributed by atoms with Crippen LogP contribution in [0.5, 0.6) is 5.75 Å². The molecule has 2 aromatic carbocycles. The zero-order valence-corrected chi connectivity index (χ0v) is 17.9. The summed E-state index contributed by atoms with van der Waals surface area (Å²) in [6.45, 7) is 7.99. The van der Waals surface area contributed by atoms with Gasteiger partial charge in [0.05, 0.1) is 29.5 Å². The molecule has 4 rings (SSSR count). The molecule has 0 spiro atoms. The first-order chi connectivity index (χ1) is 14.1. The Morgan fingerprint density at radius 2 is 2.03 bits per heavy atom. The largest absolute Gasteiger partial charge is 0.494 e. The number of carbonyl (C=O) groups excluding carboxylic acids is 1. The third-order valence-corrected chi connectivity index (χ3v) is 6.42. The molecule has 29 heavy (non-hydrogen) atoms. The summed E-state index contributed by atoms with van der Waals surface area (Å²) in [5.41, 5.74) is 3.97. The second-order valence-electron chi connectivity index (χ2n) is 7.36. The van der Waals surface area contributed by atoms with Gasteiger partial charge in [-0.05, 0) is 75.1 Å². The van der Waals surface area contributed by atoms with Crippen LogP contribution in [0.25, 0.3) is 10.2 Å². The summed E-state index contributed by atoms with van der Waals surface area (Å²) in [6, 6.07) is 11.5. The van der Waals surface area contributed by atoms with Gasteiger partial charge in [-0.1, -0.05) is 17.4 Å². The molecule has 152 valence electrons. The number of hydrogen-bond acceptors (Lipinski definition) is 5. The summed E-state index contributed by atoms with van der Waals surface area (Å²) in [4.78, 5) is 20.1. The molecule has 0 radical (unpaired) electrons. The molecule has 1 unspecified atom stereocenters. The van der Waals surface area contributed by atoms with Gasteiger partial charge in [-0.3, -0.25) is 9.69 Å². The lowest BCUT2D eigenvalue weighted by atomic mass is 10.1. The van der Waals surface area contributed by atoms with Gasteiger partial charge in [0.15, 0.2) is 5.13 Å². The van der Waals surface area contributed by atoms with Crippen LogP contribution in [0.1, 0.15) is 41.3 Å². The summed E-state index contributed by atoms with van der Waals surface area (Å²) < 4.78 is 12.4. The van der Waals surface area contributed by atoms with Gasteiger partial charge in [0.2, 0.25) is 0 Å². The highest BCUT2D eigenvalue weighted by Crippen LogP contribution is 2.33. The van der Waals surface area contributed by atoms with E-state index in [9.17, 15) is 4.79 Å². The van der Waals surface area contributed by atoms with Crippen molar-refractivity contribution in [2.24, 2.45) is 0 Å². The van der Waals surface area contributed by atoms with Crippen molar-refractivity contribution in [1.29, 1.82) is 0 Å². The number of anilines is 1. The van der Waals surface area contributed by atoms with Crippen molar-refractivity contribution in [3.8, 4) is 5.75 Å². The zero-order chi connectivity index (χ0) is 20.4. The number of carbonyl (C=O) groups is 1. The van der Waals surface area contributed by atoms with Crippen molar-refractivity contribution in [1.82, 2.24) is 4.98 Å². The average Bonchev–Trinajstić information content (AvgIpc) is 3.39. The molecule has 1 amide bonds. The molecule has 2 heterocycles. The van der Waals surface area contributed by atoms with Gasteiger partial charge in [0, 0.05) is 12.2 Å². The summed E-state index contributed by atoms with van der Waals surface area (Å²) in [6.07, 6.45) is 2.06. The van der Waals surface area contributed by atoms with Crippen molar-refractivity contribution >= 4 is 32.6 Å². The highest BCUT2D eigenvalue weighted by molar-refractivity contribution is 7.22. The molecule has 1 aliphatic rings. The lowest BCUT2D eigenvalue weighted by Crippen LogP contribution is -2.37. The molecule has 0 N–H and O–H groups in total.